The maximum atomic E-state index is 13.5. The number of amides is 1. The highest BCUT2D eigenvalue weighted by Gasteiger charge is 2.26. The average Bonchev–Trinajstić information content (AvgIpc) is 2.46. The minimum Gasteiger partial charge on any atom is -0.359 e. The minimum absolute atomic E-state index is 0.00934. The van der Waals surface area contributed by atoms with Gasteiger partial charge >= 0.3 is 0 Å². The van der Waals surface area contributed by atoms with Crippen molar-refractivity contribution in [3.05, 3.63) is 35.6 Å². The molecule has 0 spiro atoms. The summed E-state index contributed by atoms with van der Waals surface area (Å²) in [5.74, 6) is -0.432. The molecule has 0 saturated carbocycles. The topological polar surface area (TPSA) is 58.4 Å². The van der Waals surface area contributed by atoms with E-state index in [2.05, 4.69) is 5.32 Å². The molecule has 0 radical (unpaired) electrons. The summed E-state index contributed by atoms with van der Waals surface area (Å²) in [6.07, 6.45) is 0.778. The van der Waals surface area contributed by atoms with Crippen molar-refractivity contribution >= 4 is 5.91 Å². The number of benzene rings is 1. The lowest BCUT2D eigenvalue weighted by Crippen LogP contribution is -2.42. The summed E-state index contributed by atoms with van der Waals surface area (Å²) in [5, 5.41) is 2.64. The number of rotatable bonds is 7. The molecule has 21 heavy (non-hydrogen) atoms. The van der Waals surface area contributed by atoms with Crippen LogP contribution in [-0.4, -0.2) is 37.5 Å². The second kappa shape index (κ2) is 8.10. The van der Waals surface area contributed by atoms with Crippen molar-refractivity contribution in [2.75, 3.05) is 20.6 Å². The molecule has 0 bridgehead atoms. The fourth-order valence-electron chi connectivity index (χ4n) is 2.62. The Labute approximate surface area is 126 Å². The lowest BCUT2D eigenvalue weighted by molar-refractivity contribution is -0.124. The summed E-state index contributed by atoms with van der Waals surface area (Å²) >= 11 is 0. The van der Waals surface area contributed by atoms with Crippen LogP contribution in [0, 0.1) is 11.7 Å². The highest BCUT2D eigenvalue weighted by Crippen LogP contribution is 2.25. The van der Waals surface area contributed by atoms with Crippen molar-refractivity contribution in [2.45, 2.75) is 32.4 Å². The predicted molar refractivity (Wildman–Crippen MR) is 83.3 cm³/mol. The molecule has 3 N–H and O–H groups in total. The average molecular weight is 295 g/mol. The summed E-state index contributed by atoms with van der Waals surface area (Å²) < 4.78 is 13.5. The zero-order chi connectivity index (χ0) is 16.0. The lowest BCUT2D eigenvalue weighted by atomic mass is 9.95. The summed E-state index contributed by atoms with van der Waals surface area (Å²) in [5.41, 5.74) is 7.06. The van der Waals surface area contributed by atoms with Crippen LogP contribution in [0.15, 0.2) is 24.3 Å². The number of halogens is 1. The number of hydrogen-bond donors (Lipinski definition) is 2. The minimum atomic E-state index is -0.270. The molecule has 0 aliphatic carbocycles. The molecule has 1 rings (SSSR count). The van der Waals surface area contributed by atoms with Gasteiger partial charge in [0.2, 0.25) is 5.91 Å². The van der Waals surface area contributed by atoms with E-state index in [1.165, 1.54) is 12.1 Å². The number of carbonyl (C=O) groups excluding carboxylic acids is 1. The van der Waals surface area contributed by atoms with Gasteiger partial charge in [-0.2, -0.15) is 0 Å². The van der Waals surface area contributed by atoms with Crippen LogP contribution in [-0.2, 0) is 4.79 Å². The highest BCUT2D eigenvalue weighted by molar-refractivity contribution is 5.78. The third kappa shape index (κ3) is 4.79. The quantitative estimate of drug-likeness (QED) is 0.808. The van der Waals surface area contributed by atoms with E-state index in [0.29, 0.717) is 6.54 Å². The predicted octanol–water partition coefficient (Wildman–Crippen LogP) is 1.92. The van der Waals surface area contributed by atoms with Gasteiger partial charge in [0, 0.05) is 31.6 Å². The summed E-state index contributed by atoms with van der Waals surface area (Å²) in [6.45, 7) is 4.44. The first kappa shape index (κ1) is 17.6. The summed E-state index contributed by atoms with van der Waals surface area (Å²) in [7, 11) is 3.55. The number of hydrogen-bond acceptors (Lipinski definition) is 3. The van der Waals surface area contributed by atoms with Crippen molar-refractivity contribution in [3.8, 4) is 0 Å². The molecule has 0 aromatic heterocycles. The van der Waals surface area contributed by atoms with Crippen LogP contribution in [0.1, 0.15) is 31.9 Å². The van der Waals surface area contributed by atoms with E-state index in [1.54, 1.807) is 13.1 Å². The van der Waals surface area contributed by atoms with Gasteiger partial charge in [0.1, 0.15) is 5.82 Å². The van der Waals surface area contributed by atoms with Gasteiger partial charge in [0.05, 0.1) is 0 Å². The van der Waals surface area contributed by atoms with Crippen LogP contribution in [0.2, 0.25) is 0 Å². The molecule has 5 heteroatoms. The van der Waals surface area contributed by atoms with Crippen LogP contribution >= 0.6 is 0 Å². The molecule has 0 fully saturated rings. The molecular formula is C16H26FN3O. The van der Waals surface area contributed by atoms with E-state index >= 15 is 0 Å². The zero-order valence-corrected chi connectivity index (χ0v) is 13.3. The smallest absolute Gasteiger partial charge is 0.223 e. The Morgan fingerprint density at radius 3 is 2.67 bits per heavy atom. The molecular weight excluding hydrogens is 269 g/mol. The molecule has 3 atom stereocenters. The lowest BCUT2D eigenvalue weighted by Gasteiger charge is -2.34. The Morgan fingerprint density at radius 1 is 1.48 bits per heavy atom. The summed E-state index contributed by atoms with van der Waals surface area (Å²) in [4.78, 5) is 13.7. The maximum Gasteiger partial charge on any atom is 0.223 e. The van der Waals surface area contributed by atoms with Gasteiger partial charge in [-0.15, -0.1) is 0 Å². The van der Waals surface area contributed by atoms with E-state index < -0.39 is 0 Å². The molecule has 1 amide bonds. The third-order valence-electron chi connectivity index (χ3n) is 3.80. The van der Waals surface area contributed by atoms with Gasteiger partial charge in [-0.1, -0.05) is 26.0 Å². The maximum absolute atomic E-state index is 13.5. The van der Waals surface area contributed by atoms with Crippen LogP contribution in [0.3, 0.4) is 0 Å². The fourth-order valence-corrected chi connectivity index (χ4v) is 2.62. The first-order valence-corrected chi connectivity index (χ1v) is 7.33. The monoisotopic (exact) mass is 295 g/mol. The van der Waals surface area contributed by atoms with Gasteiger partial charge in [-0.3, -0.25) is 9.69 Å². The number of nitrogens with one attached hydrogen (secondary N) is 1. The normalized spacial score (nSPS) is 15.6. The van der Waals surface area contributed by atoms with Crippen molar-refractivity contribution in [3.63, 3.8) is 0 Å². The number of nitrogens with zero attached hydrogens (tertiary/aromatic N) is 1. The first-order valence-electron chi connectivity index (χ1n) is 7.33. The molecule has 0 aliphatic heterocycles. The Balaban J connectivity index is 2.95. The van der Waals surface area contributed by atoms with Crippen LogP contribution in [0.5, 0.6) is 0 Å². The van der Waals surface area contributed by atoms with Gasteiger partial charge in [0.15, 0.2) is 0 Å². The molecule has 0 heterocycles. The van der Waals surface area contributed by atoms with E-state index in [-0.39, 0.29) is 29.7 Å². The van der Waals surface area contributed by atoms with Crippen molar-refractivity contribution in [2.24, 2.45) is 11.7 Å². The van der Waals surface area contributed by atoms with Gasteiger partial charge in [-0.05, 0) is 31.2 Å². The number of likely N-dealkylation sites (N-methyl/N-ethyl adjacent to an activating group) is 1. The van der Waals surface area contributed by atoms with Crippen molar-refractivity contribution in [1.82, 2.24) is 10.2 Å². The Kier molecular flexibility index (Phi) is 6.78. The standard InChI is InChI=1S/C16H26FN3O/c1-5-14(18)15(12-7-6-8-13(17)9-12)20(4)10-11(2)16(21)19-3/h6-9,11,14-15H,5,10,18H2,1-4H3,(H,19,21). The molecule has 0 saturated heterocycles. The van der Waals surface area contributed by atoms with E-state index in [1.807, 2.05) is 31.9 Å². The second-order valence-corrected chi connectivity index (χ2v) is 5.53. The third-order valence-corrected chi connectivity index (χ3v) is 3.80. The largest absolute Gasteiger partial charge is 0.359 e. The molecule has 118 valence electrons. The Hall–Kier alpha value is -1.46. The van der Waals surface area contributed by atoms with Crippen LogP contribution in [0.4, 0.5) is 4.39 Å². The molecule has 4 nitrogen and oxygen atoms in total. The van der Waals surface area contributed by atoms with E-state index in [0.717, 1.165) is 12.0 Å². The van der Waals surface area contributed by atoms with Crippen LogP contribution < -0.4 is 11.1 Å². The number of carbonyl (C=O) groups is 1. The SMILES string of the molecule is CCC(N)C(c1cccc(F)c1)N(C)CC(C)C(=O)NC. The zero-order valence-electron chi connectivity index (χ0n) is 13.3. The highest BCUT2D eigenvalue weighted by atomic mass is 19.1. The van der Waals surface area contributed by atoms with Gasteiger partial charge in [0.25, 0.3) is 0 Å². The second-order valence-electron chi connectivity index (χ2n) is 5.53. The first-order chi connectivity index (χ1) is 9.90. The Morgan fingerprint density at radius 2 is 2.14 bits per heavy atom. The van der Waals surface area contributed by atoms with E-state index in [4.69, 9.17) is 5.73 Å². The molecule has 3 unspecified atom stereocenters. The summed E-state index contributed by atoms with van der Waals surface area (Å²) in [6, 6.07) is 6.28. The van der Waals surface area contributed by atoms with Gasteiger partial charge < -0.3 is 11.1 Å². The van der Waals surface area contributed by atoms with Crippen molar-refractivity contribution in [1.29, 1.82) is 0 Å². The fraction of sp³-hybridized carbons (Fsp3) is 0.562. The van der Waals surface area contributed by atoms with Gasteiger partial charge in [-0.25, -0.2) is 4.39 Å². The number of nitrogens with two attached hydrogens (primary N) is 1. The molecule has 1 aromatic rings. The Bertz CT molecular complexity index is 467. The van der Waals surface area contributed by atoms with Crippen molar-refractivity contribution < 1.29 is 9.18 Å². The molecule has 1 aromatic carbocycles. The molecule has 0 aliphatic rings. The van der Waals surface area contributed by atoms with E-state index in [9.17, 15) is 9.18 Å². The van der Waals surface area contributed by atoms with Crippen LogP contribution in [0.25, 0.3) is 0 Å².